The third-order valence-corrected chi connectivity index (χ3v) is 6.21. The largest absolute Gasteiger partial charge is 0.363 e. The molecule has 3 rings (SSSR count). The molecule has 2 aliphatic carbocycles. The topological polar surface area (TPSA) is 27.6 Å². The van der Waals surface area contributed by atoms with E-state index in [9.17, 15) is 0 Å². The van der Waals surface area contributed by atoms with Crippen LogP contribution in [0, 0.1) is 5.92 Å². The summed E-state index contributed by atoms with van der Waals surface area (Å²) in [5.74, 6) is 0.965. The van der Waals surface area contributed by atoms with Crippen molar-refractivity contribution in [1.29, 1.82) is 0 Å². The maximum atomic E-state index is 4.68. The van der Waals surface area contributed by atoms with Crippen molar-refractivity contribution in [2.75, 3.05) is 27.2 Å². The number of nitrogens with one attached hydrogen (secondary N) is 1. The maximum Gasteiger partial charge on any atom is 0.156 e. The van der Waals surface area contributed by atoms with E-state index < -0.39 is 0 Å². The summed E-state index contributed by atoms with van der Waals surface area (Å²) in [5, 5.41) is 5.62. The molecular weight excluding hydrogens is 242 g/mol. The van der Waals surface area contributed by atoms with Gasteiger partial charge in [0, 0.05) is 17.3 Å². The lowest BCUT2D eigenvalue weighted by Crippen LogP contribution is -2.50. The Balaban J connectivity index is 1.51. The maximum absolute atomic E-state index is 4.68. The van der Waals surface area contributed by atoms with Crippen LogP contribution in [0.25, 0.3) is 0 Å². The van der Waals surface area contributed by atoms with Gasteiger partial charge >= 0.3 is 0 Å². The molecule has 4 heteroatoms. The predicted molar refractivity (Wildman–Crippen MR) is 79.3 cm³/mol. The van der Waals surface area contributed by atoms with E-state index in [2.05, 4.69) is 29.3 Å². The molecule has 18 heavy (non-hydrogen) atoms. The van der Waals surface area contributed by atoms with Crippen LogP contribution in [0.5, 0.6) is 0 Å². The SMILES string of the molecule is CN(C)C1(CNC2=NCC(C3CC3)S2)CCCC1. The number of nitrogens with zero attached hydrogens (tertiary/aromatic N) is 2. The van der Waals surface area contributed by atoms with Crippen LogP contribution in [0.4, 0.5) is 0 Å². The lowest BCUT2D eigenvalue weighted by molar-refractivity contribution is 0.161. The van der Waals surface area contributed by atoms with Gasteiger partial charge < -0.3 is 10.2 Å². The third-order valence-electron chi connectivity index (χ3n) is 4.88. The van der Waals surface area contributed by atoms with Crippen LogP contribution < -0.4 is 5.32 Å². The van der Waals surface area contributed by atoms with Crippen LogP contribution in [0.15, 0.2) is 4.99 Å². The number of rotatable bonds is 4. The van der Waals surface area contributed by atoms with Gasteiger partial charge in [0.1, 0.15) is 0 Å². The Morgan fingerprint density at radius 3 is 2.67 bits per heavy atom. The number of hydrogen-bond donors (Lipinski definition) is 1. The van der Waals surface area contributed by atoms with Gasteiger partial charge in [0.05, 0.1) is 6.54 Å². The average Bonchev–Trinajstić information content (AvgIpc) is 2.93. The van der Waals surface area contributed by atoms with E-state index in [0.717, 1.165) is 24.3 Å². The summed E-state index contributed by atoms with van der Waals surface area (Å²) in [7, 11) is 4.45. The Hall–Kier alpha value is -0.220. The zero-order valence-electron chi connectivity index (χ0n) is 11.6. The number of aliphatic imine (C=N–C) groups is 1. The van der Waals surface area contributed by atoms with E-state index in [1.165, 1.54) is 43.7 Å². The van der Waals surface area contributed by atoms with Crippen LogP contribution in [-0.4, -0.2) is 48.0 Å². The predicted octanol–water partition coefficient (Wildman–Crippen LogP) is 2.33. The summed E-state index contributed by atoms with van der Waals surface area (Å²) in [4.78, 5) is 7.10. The molecule has 1 unspecified atom stereocenters. The van der Waals surface area contributed by atoms with Gasteiger partial charge in [-0.25, -0.2) is 0 Å². The number of thioether (sulfide) groups is 1. The van der Waals surface area contributed by atoms with Gasteiger partial charge in [0.15, 0.2) is 5.17 Å². The van der Waals surface area contributed by atoms with Gasteiger partial charge in [-0.1, -0.05) is 24.6 Å². The molecule has 0 aromatic carbocycles. The lowest BCUT2D eigenvalue weighted by Gasteiger charge is -2.36. The summed E-state index contributed by atoms with van der Waals surface area (Å²) in [6.07, 6.45) is 8.28. The van der Waals surface area contributed by atoms with Crippen molar-refractivity contribution in [2.24, 2.45) is 10.9 Å². The first kappa shape index (κ1) is 12.8. The molecule has 1 aliphatic heterocycles. The zero-order valence-corrected chi connectivity index (χ0v) is 12.4. The fourth-order valence-corrected chi connectivity index (χ4v) is 4.46. The third kappa shape index (κ3) is 2.55. The van der Waals surface area contributed by atoms with Gasteiger partial charge in [-0.2, -0.15) is 0 Å². The molecule has 0 spiro atoms. The molecule has 2 fully saturated rings. The molecule has 3 aliphatic rings. The molecule has 0 amide bonds. The Morgan fingerprint density at radius 1 is 1.33 bits per heavy atom. The Kier molecular flexibility index (Phi) is 3.59. The second-order valence-electron chi connectivity index (χ2n) is 6.32. The summed E-state index contributed by atoms with van der Waals surface area (Å²) in [6, 6.07) is 0. The van der Waals surface area contributed by atoms with E-state index in [1.807, 2.05) is 11.8 Å². The van der Waals surface area contributed by atoms with Gasteiger partial charge in [-0.3, -0.25) is 4.99 Å². The number of likely N-dealkylation sites (N-methyl/N-ethyl adjacent to an activating group) is 1. The molecule has 2 saturated carbocycles. The summed E-state index contributed by atoms with van der Waals surface area (Å²) < 4.78 is 0. The highest BCUT2D eigenvalue weighted by molar-refractivity contribution is 8.14. The fraction of sp³-hybridized carbons (Fsp3) is 0.929. The van der Waals surface area contributed by atoms with E-state index >= 15 is 0 Å². The molecule has 0 radical (unpaired) electrons. The quantitative estimate of drug-likeness (QED) is 0.847. The first-order chi connectivity index (χ1) is 8.70. The molecular formula is C14H25N3S. The molecule has 3 nitrogen and oxygen atoms in total. The van der Waals surface area contributed by atoms with Crippen molar-refractivity contribution in [1.82, 2.24) is 10.2 Å². The Bertz CT molecular complexity index is 330. The van der Waals surface area contributed by atoms with Crippen LogP contribution in [0.2, 0.25) is 0 Å². The molecule has 1 heterocycles. The number of hydrogen-bond acceptors (Lipinski definition) is 4. The number of amidine groups is 1. The highest BCUT2D eigenvalue weighted by Crippen LogP contribution is 2.41. The fourth-order valence-electron chi connectivity index (χ4n) is 3.26. The van der Waals surface area contributed by atoms with Gasteiger partial charge in [0.25, 0.3) is 0 Å². The molecule has 0 aromatic heterocycles. The van der Waals surface area contributed by atoms with Crippen LogP contribution >= 0.6 is 11.8 Å². The lowest BCUT2D eigenvalue weighted by atomic mass is 9.96. The second-order valence-corrected chi connectivity index (χ2v) is 7.55. The van der Waals surface area contributed by atoms with E-state index in [1.54, 1.807) is 0 Å². The van der Waals surface area contributed by atoms with Crippen LogP contribution in [-0.2, 0) is 0 Å². The zero-order chi connectivity index (χ0) is 12.6. The minimum Gasteiger partial charge on any atom is -0.363 e. The second kappa shape index (κ2) is 5.04. The molecule has 0 saturated heterocycles. The van der Waals surface area contributed by atoms with Crippen molar-refractivity contribution in [3.8, 4) is 0 Å². The van der Waals surface area contributed by atoms with Crippen molar-refractivity contribution in [3.05, 3.63) is 0 Å². The average molecular weight is 267 g/mol. The summed E-state index contributed by atoms with van der Waals surface area (Å²) >= 11 is 2.00. The van der Waals surface area contributed by atoms with E-state index in [4.69, 9.17) is 0 Å². The minimum atomic E-state index is 0.376. The van der Waals surface area contributed by atoms with Crippen LogP contribution in [0.3, 0.4) is 0 Å². The smallest absolute Gasteiger partial charge is 0.156 e. The van der Waals surface area contributed by atoms with E-state index in [0.29, 0.717) is 5.54 Å². The van der Waals surface area contributed by atoms with Crippen LogP contribution in [0.1, 0.15) is 38.5 Å². The normalized spacial score (nSPS) is 30.8. The monoisotopic (exact) mass is 267 g/mol. The van der Waals surface area contributed by atoms with Gasteiger partial charge in [0.2, 0.25) is 0 Å². The standard InChI is InChI=1S/C14H25N3S/c1-17(2)14(7-3-4-8-14)10-16-13-15-9-12(18-13)11-5-6-11/h11-12H,3-10H2,1-2H3,(H,15,16). The molecule has 1 N–H and O–H groups in total. The van der Waals surface area contributed by atoms with Gasteiger partial charge in [-0.05, 0) is 45.7 Å². The van der Waals surface area contributed by atoms with E-state index in [-0.39, 0.29) is 0 Å². The Morgan fingerprint density at radius 2 is 2.06 bits per heavy atom. The van der Waals surface area contributed by atoms with Crippen molar-refractivity contribution < 1.29 is 0 Å². The molecule has 1 atom stereocenters. The molecule has 102 valence electrons. The minimum absolute atomic E-state index is 0.376. The van der Waals surface area contributed by atoms with Crippen molar-refractivity contribution >= 4 is 16.9 Å². The summed E-state index contributed by atoms with van der Waals surface area (Å²) in [6.45, 7) is 2.12. The highest BCUT2D eigenvalue weighted by atomic mass is 32.2. The summed E-state index contributed by atoms with van der Waals surface area (Å²) in [5.41, 5.74) is 0.376. The van der Waals surface area contributed by atoms with Crippen molar-refractivity contribution in [2.45, 2.75) is 49.3 Å². The highest BCUT2D eigenvalue weighted by Gasteiger charge is 2.38. The first-order valence-electron chi connectivity index (χ1n) is 7.32. The first-order valence-corrected chi connectivity index (χ1v) is 8.20. The Labute approximate surface area is 115 Å². The van der Waals surface area contributed by atoms with Gasteiger partial charge in [-0.15, -0.1) is 0 Å². The van der Waals surface area contributed by atoms with Crippen molar-refractivity contribution in [3.63, 3.8) is 0 Å². The molecule has 0 bridgehead atoms. The molecule has 0 aromatic rings.